The minimum atomic E-state index is -1.03. The molecule has 36 heavy (non-hydrogen) atoms. The number of benzene rings is 2. The first-order valence-electron chi connectivity index (χ1n) is 11.1. The zero-order valence-electron chi connectivity index (χ0n) is 19.4. The Morgan fingerprint density at radius 3 is 2.61 bits per heavy atom. The van der Waals surface area contributed by atoms with E-state index in [1.54, 1.807) is 66.7 Å². The average molecular weight is 483 g/mol. The number of nitrogens with zero attached hydrogens (tertiary/aromatic N) is 2. The summed E-state index contributed by atoms with van der Waals surface area (Å²) in [6.07, 6.45) is 1.54. The van der Waals surface area contributed by atoms with Gasteiger partial charge in [-0.15, -0.1) is 0 Å². The van der Waals surface area contributed by atoms with Crippen molar-refractivity contribution in [1.29, 1.82) is 0 Å². The van der Waals surface area contributed by atoms with Gasteiger partial charge in [-0.2, -0.15) is 0 Å². The summed E-state index contributed by atoms with van der Waals surface area (Å²) >= 11 is 0. The molecule has 0 bridgehead atoms. The Hall–Kier alpha value is -4.92. The molecule has 0 saturated heterocycles. The number of pyridine rings is 1. The van der Waals surface area contributed by atoms with Crippen molar-refractivity contribution in [3.8, 4) is 5.75 Å². The normalized spacial score (nSPS) is 15.4. The van der Waals surface area contributed by atoms with E-state index in [9.17, 15) is 19.5 Å². The first-order valence-corrected chi connectivity index (χ1v) is 11.1. The van der Waals surface area contributed by atoms with Crippen LogP contribution in [-0.4, -0.2) is 34.8 Å². The van der Waals surface area contributed by atoms with Crippen molar-refractivity contribution in [2.45, 2.75) is 13.0 Å². The Labute approximate surface area is 205 Å². The van der Waals surface area contributed by atoms with Crippen LogP contribution < -0.4 is 15.0 Å². The lowest BCUT2D eigenvalue weighted by Gasteiger charge is -2.26. The first-order chi connectivity index (χ1) is 17.4. The Bertz CT molecular complexity index is 1540. The monoisotopic (exact) mass is 483 g/mol. The van der Waals surface area contributed by atoms with Crippen molar-refractivity contribution in [1.82, 2.24) is 4.98 Å². The van der Waals surface area contributed by atoms with E-state index < -0.39 is 23.5 Å². The molecule has 3 heterocycles. The zero-order valence-corrected chi connectivity index (χ0v) is 19.4. The molecule has 0 saturated carbocycles. The molecule has 0 spiro atoms. The number of nitrogens with one attached hydrogen (secondary N) is 1. The first kappa shape index (κ1) is 22.9. The number of para-hydroxylation sites is 1. The molecule has 5 rings (SSSR count). The summed E-state index contributed by atoms with van der Waals surface area (Å²) in [5.41, 5.74) is 1.40. The van der Waals surface area contributed by atoms with Gasteiger partial charge in [-0.05, 0) is 42.5 Å². The highest BCUT2D eigenvalue weighted by atomic mass is 16.5. The molecule has 2 aromatic heterocycles. The van der Waals surface area contributed by atoms with Gasteiger partial charge < -0.3 is 19.6 Å². The molecule has 9 nitrogen and oxygen atoms in total. The van der Waals surface area contributed by atoms with E-state index >= 15 is 0 Å². The van der Waals surface area contributed by atoms with E-state index in [2.05, 4.69) is 10.3 Å². The van der Waals surface area contributed by atoms with Crippen molar-refractivity contribution in [2.75, 3.05) is 17.3 Å². The molecule has 1 unspecified atom stereocenters. The van der Waals surface area contributed by atoms with Crippen LogP contribution in [0.25, 0.3) is 11.0 Å². The predicted octanol–water partition coefficient (Wildman–Crippen LogP) is 4.58. The lowest BCUT2D eigenvalue weighted by Crippen LogP contribution is -2.31. The molecule has 2 amide bonds. The largest absolute Gasteiger partial charge is 0.503 e. The Morgan fingerprint density at radius 2 is 1.89 bits per heavy atom. The van der Waals surface area contributed by atoms with Gasteiger partial charge in [0.05, 0.1) is 18.4 Å². The summed E-state index contributed by atoms with van der Waals surface area (Å²) in [7, 11) is 1.49. The Balaban J connectivity index is 1.63. The number of ether oxygens (including phenoxy) is 1. The number of Topliss-reactive ketones (excluding diaryl/α,β-unsaturated/α-hetero) is 1. The maximum absolute atomic E-state index is 13.7. The van der Waals surface area contributed by atoms with Crippen LogP contribution in [0.4, 0.5) is 11.4 Å². The molecule has 180 valence electrons. The Kier molecular flexibility index (Phi) is 5.73. The third-order valence-electron chi connectivity index (χ3n) is 5.82. The molecule has 1 aliphatic rings. The molecule has 2 aromatic carbocycles. The summed E-state index contributed by atoms with van der Waals surface area (Å²) in [5.74, 6) is -2.02. The number of fused-ring (bicyclic) bond motifs is 1. The van der Waals surface area contributed by atoms with Crippen LogP contribution in [0.3, 0.4) is 0 Å². The SMILES string of the molecule is COc1cccc2cc(C(=O)C3=C(O)C(=O)N(c4cccc(NC(C)=O)c4)C3c3ccccn3)oc12. The standard InChI is InChI=1S/C27H21N3O6/c1-15(31)29-17-8-6-9-18(14-17)30-23(19-10-3-4-12-28-19)22(25(33)27(30)34)24(32)21-13-16-7-5-11-20(35-2)26(16)36-21/h3-14,23,33H,1-2H3,(H,29,31). The molecule has 4 aromatic rings. The van der Waals surface area contributed by atoms with Gasteiger partial charge in [0.1, 0.15) is 6.04 Å². The number of aliphatic hydroxyl groups excluding tert-OH is 1. The second kappa shape index (κ2) is 9.03. The fourth-order valence-corrected chi connectivity index (χ4v) is 4.30. The van der Waals surface area contributed by atoms with Gasteiger partial charge in [-0.3, -0.25) is 24.3 Å². The number of rotatable bonds is 6. The highest BCUT2D eigenvalue weighted by Crippen LogP contribution is 2.42. The lowest BCUT2D eigenvalue weighted by molar-refractivity contribution is -0.117. The van der Waals surface area contributed by atoms with Gasteiger partial charge in [-0.25, -0.2) is 0 Å². The smallest absolute Gasteiger partial charge is 0.294 e. The number of ketones is 1. The predicted molar refractivity (Wildman–Crippen MR) is 132 cm³/mol. The molecular weight excluding hydrogens is 462 g/mol. The number of carbonyl (C=O) groups excluding carboxylic acids is 3. The van der Waals surface area contributed by atoms with Crippen LogP contribution in [0, 0.1) is 0 Å². The van der Waals surface area contributed by atoms with E-state index in [0.717, 1.165) is 0 Å². The van der Waals surface area contributed by atoms with Crippen molar-refractivity contribution in [2.24, 2.45) is 0 Å². The van der Waals surface area contributed by atoms with Crippen LogP contribution in [-0.2, 0) is 9.59 Å². The van der Waals surface area contributed by atoms with Crippen LogP contribution in [0.1, 0.15) is 29.2 Å². The summed E-state index contributed by atoms with van der Waals surface area (Å²) < 4.78 is 11.1. The Morgan fingerprint density at radius 1 is 1.08 bits per heavy atom. The molecule has 1 aliphatic heterocycles. The summed E-state index contributed by atoms with van der Waals surface area (Å²) in [4.78, 5) is 44.3. The molecular formula is C27H21N3O6. The second-order valence-corrected chi connectivity index (χ2v) is 8.14. The number of aromatic nitrogens is 1. The van der Waals surface area contributed by atoms with Crippen LogP contribution in [0.15, 0.2) is 88.7 Å². The van der Waals surface area contributed by atoms with Gasteiger partial charge in [-0.1, -0.05) is 24.3 Å². The number of aliphatic hydroxyl groups is 1. The van der Waals surface area contributed by atoms with Gasteiger partial charge >= 0.3 is 0 Å². The average Bonchev–Trinajstić information content (AvgIpc) is 3.43. The second-order valence-electron chi connectivity index (χ2n) is 8.14. The van der Waals surface area contributed by atoms with Gasteiger partial charge in [0.2, 0.25) is 11.7 Å². The lowest BCUT2D eigenvalue weighted by atomic mass is 9.98. The van der Waals surface area contributed by atoms with Crippen LogP contribution >= 0.6 is 0 Å². The summed E-state index contributed by atoms with van der Waals surface area (Å²) in [6, 6.07) is 17.4. The number of amides is 2. The maximum Gasteiger partial charge on any atom is 0.294 e. The van der Waals surface area contributed by atoms with Crippen molar-refractivity contribution < 1.29 is 28.6 Å². The molecule has 0 aliphatic carbocycles. The van der Waals surface area contributed by atoms with E-state index in [-0.39, 0.29) is 17.2 Å². The highest BCUT2D eigenvalue weighted by Gasteiger charge is 2.46. The molecule has 0 fully saturated rings. The fourth-order valence-electron chi connectivity index (χ4n) is 4.30. The fraction of sp³-hybridized carbons (Fsp3) is 0.111. The van der Waals surface area contributed by atoms with E-state index in [1.165, 1.54) is 25.1 Å². The maximum atomic E-state index is 13.7. The van der Waals surface area contributed by atoms with Gasteiger partial charge in [0, 0.05) is 29.9 Å². The van der Waals surface area contributed by atoms with E-state index in [1.807, 2.05) is 0 Å². The molecule has 0 radical (unpaired) electrons. The minimum absolute atomic E-state index is 0.0568. The van der Waals surface area contributed by atoms with Gasteiger partial charge in [0.15, 0.2) is 22.9 Å². The van der Waals surface area contributed by atoms with Crippen LogP contribution in [0.2, 0.25) is 0 Å². The number of carbonyl (C=O) groups is 3. The summed E-state index contributed by atoms with van der Waals surface area (Å²) in [5, 5.41) is 14.3. The third-order valence-corrected chi connectivity index (χ3v) is 5.82. The van der Waals surface area contributed by atoms with E-state index in [4.69, 9.17) is 9.15 Å². The highest BCUT2D eigenvalue weighted by molar-refractivity contribution is 6.20. The zero-order chi connectivity index (χ0) is 25.4. The van der Waals surface area contributed by atoms with Crippen molar-refractivity contribution in [3.63, 3.8) is 0 Å². The molecule has 2 N–H and O–H groups in total. The van der Waals surface area contributed by atoms with Crippen LogP contribution in [0.5, 0.6) is 5.75 Å². The van der Waals surface area contributed by atoms with Crippen molar-refractivity contribution in [3.05, 3.63) is 95.7 Å². The number of methoxy groups -OCH3 is 1. The number of furan rings is 1. The molecule has 9 heteroatoms. The quantitative estimate of drug-likeness (QED) is 0.385. The topological polar surface area (TPSA) is 122 Å². The summed E-state index contributed by atoms with van der Waals surface area (Å²) in [6.45, 7) is 1.37. The molecule has 1 atom stereocenters. The van der Waals surface area contributed by atoms with E-state index in [0.29, 0.717) is 33.8 Å². The minimum Gasteiger partial charge on any atom is -0.503 e. The number of hydrogen-bond acceptors (Lipinski definition) is 7. The number of anilines is 2. The number of hydrogen-bond donors (Lipinski definition) is 2. The van der Waals surface area contributed by atoms with Crippen molar-refractivity contribution >= 4 is 39.9 Å². The third kappa shape index (κ3) is 3.86. The van der Waals surface area contributed by atoms with Gasteiger partial charge in [0.25, 0.3) is 5.91 Å².